The molecule has 0 saturated carbocycles. The minimum atomic E-state index is -0.138. The highest BCUT2D eigenvalue weighted by molar-refractivity contribution is 5.69. The van der Waals surface area contributed by atoms with E-state index in [9.17, 15) is 4.79 Å². The zero-order valence-electron chi connectivity index (χ0n) is 8.95. The minimum absolute atomic E-state index is 0.138. The van der Waals surface area contributed by atoms with Crippen molar-refractivity contribution < 1.29 is 9.53 Å². The lowest BCUT2D eigenvalue weighted by molar-refractivity contribution is -0.143. The molecular formula is C10H18N2O2. The zero-order valence-corrected chi connectivity index (χ0v) is 8.95. The van der Waals surface area contributed by atoms with Crippen molar-refractivity contribution >= 4 is 5.97 Å². The summed E-state index contributed by atoms with van der Waals surface area (Å²) < 4.78 is 4.80. The van der Waals surface area contributed by atoms with Crippen LogP contribution in [0.3, 0.4) is 0 Å². The average Bonchev–Trinajstić information content (AvgIpc) is 2.15. The highest BCUT2D eigenvalue weighted by Crippen LogP contribution is 1.96. The van der Waals surface area contributed by atoms with Crippen molar-refractivity contribution in [2.45, 2.75) is 26.2 Å². The van der Waals surface area contributed by atoms with Crippen LogP contribution in [-0.2, 0) is 9.53 Å². The van der Waals surface area contributed by atoms with E-state index in [4.69, 9.17) is 10.00 Å². The number of hydrogen-bond donors (Lipinski definition) is 0. The van der Waals surface area contributed by atoms with Crippen molar-refractivity contribution in [2.75, 3.05) is 26.7 Å². The summed E-state index contributed by atoms with van der Waals surface area (Å²) in [5.41, 5.74) is 0. The van der Waals surface area contributed by atoms with Gasteiger partial charge in [0.1, 0.15) is 0 Å². The average molecular weight is 198 g/mol. The highest BCUT2D eigenvalue weighted by Gasteiger charge is 2.02. The maximum absolute atomic E-state index is 10.9. The number of rotatable bonds is 7. The number of carbonyl (C=O) groups is 1. The van der Waals surface area contributed by atoms with Crippen LogP contribution in [0.2, 0.25) is 0 Å². The largest absolute Gasteiger partial charge is 0.466 e. The Balaban J connectivity index is 3.35. The van der Waals surface area contributed by atoms with Gasteiger partial charge in [-0.3, -0.25) is 4.79 Å². The Hall–Kier alpha value is -1.08. The predicted octanol–water partition coefficient (Wildman–Crippen LogP) is 1.18. The second kappa shape index (κ2) is 8.52. The van der Waals surface area contributed by atoms with Crippen LogP contribution in [0.4, 0.5) is 0 Å². The normalized spacial score (nSPS) is 9.86. The molecule has 4 nitrogen and oxygen atoms in total. The predicted molar refractivity (Wildman–Crippen MR) is 53.6 cm³/mol. The number of ether oxygens (including phenoxy) is 1. The molecule has 0 unspecified atom stereocenters. The Morgan fingerprint density at radius 3 is 2.79 bits per heavy atom. The zero-order chi connectivity index (χ0) is 10.8. The first-order chi connectivity index (χ1) is 6.70. The van der Waals surface area contributed by atoms with Gasteiger partial charge in [-0.2, -0.15) is 5.26 Å². The van der Waals surface area contributed by atoms with E-state index < -0.39 is 0 Å². The maximum atomic E-state index is 10.9. The van der Waals surface area contributed by atoms with E-state index in [-0.39, 0.29) is 5.97 Å². The lowest BCUT2D eigenvalue weighted by atomic mass is 10.3. The summed E-state index contributed by atoms with van der Waals surface area (Å²) in [5.74, 6) is -0.138. The molecule has 0 aromatic rings. The van der Waals surface area contributed by atoms with Crippen LogP contribution in [0.15, 0.2) is 0 Å². The molecule has 0 aromatic heterocycles. The number of hydrogen-bond acceptors (Lipinski definition) is 4. The molecule has 0 N–H and O–H groups in total. The van der Waals surface area contributed by atoms with E-state index in [2.05, 4.69) is 6.07 Å². The van der Waals surface area contributed by atoms with E-state index in [1.165, 1.54) is 0 Å². The molecule has 0 aliphatic heterocycles. The molecule has 0 aliphatic carbocycles. The van der Waals surface area contributed by atoms with Crippen LogP contribution in [0.1, 0.15) is 26.2 Å². The number of esters is 1. The molecule has 0 spiro atoms. The summed E-state index contributed by atoms with van der Waals surface area (Å²) in [6, 6.07) is 2.08. The number of nitriles is 1. The molecule has 0 aliphatic rings. The van der Waals surface area contributed by atoms with Crippen molar-refractivity contribution in [3.05, 3.63) is 0 Å². The molecule has 0 saturated heterocycles. The third-order valence-electron chi connectivity index (χ3n) is 1.83. The van der Waals surface area contributed by atoms with Crippen LogP contribution >= 0.6 is 0 Å². The van der Waals surface area contributed by atoms with Gasteiger partial charge in [-0.25, -0.2) is 0 Å². The summed E-state index contributed by atoms with van der Waals surface area (Å²) in [6.45, 7) is 3.85. The molecule has 0 aromatic carbocycles. The molecular weight excluding hydrogens is 180 g/mol. The molecule has 0 heterocycles. The van der Waals surface area contributed by atoms with E-state index in [0.717, 1.165) is 19.5 Å². The van der Waals surface area contributed by atoms with E-state index in [0.29, 0.717) is 19.4 Å². The van der Waals surface area contributed by atoms with Crippen LogP contribution in [-0.4, -0.2) is 37.6 Å². The molecule has 0 fully saturated rings. The summed E-state index contributed by atoms with van der Waals surface area (Å²) in [7, 11) is 1.95. The van der Waals surface area contributed by atoms with Crippen LogP contribution in [0.5, 0.6) is 0 Å². The van der Waals surface area contributed by atoms with Gasteiger partial charge < -0.3 is 9.64 Å². The molecule has 14 heavy (non-hydrogen) atoms. The van der Waals surface area contributed by atoms with Gasteiger partial charge in [0.25, 0.3) is 0 Å². The smallest absolute Gasteiger partial charge is 0.305 e. The first-order valence-electron chi connectivity index (χ1n) is 4.91. The van der Waals surface area contributed by atoms with Gasteiger partial charge in [-0.15, -0.1) is 0 Å². The van der Waals surface area contributed by atoms with Gasteiger partial charge in [0.15, 0.2) is 0 Å². The Labute approximate surface area is 85.5 Å². The van der Waals surface area contributed by atoms with Gasteiger partial charge in [-0.05, 0) is 26.9 Å². The first-order valence-corrected chi connectivity index (χ1v) is 4.91. The van der Waals surface area contributed by atoms with Gasteiger partial charge in [0, 0.05) is 19.4 Å². The molecule has 0 amide bonds. The Morgan fingerprint density at radius 2 is 2.21 bits per heavy atom. The molecule has 0 atom stereocenters. The van der Waals surface area contributed by atoms with Gasteiger partial charge >= 0.3 is 5.97 Å². The van der Waals surface area contributed by atoms with Crippen LogP contribution in [0, 0.1) is 11.3 Å². The quantitative estimate of drug-likeness (QED) is 0.576. The molecule has 4 heteroatoms. The monoisotopic (exact) mass is 198 g/mol. The second-order valence-corrected chi connectivity index (χ2v) is 3.12. The van der Waals surface area contributed by atoms with Crippen molar-refractivity contribution in [3.8, 4) is 6.07 Å². The first kappa shape index (κ1) is 12.9. The summed E-state index contributed by atoms with van der Waals surface area (Å²) in [5, 5.41) is 8.35. The number of nitrogens with zero attached hydrogens (tertiary/aromatic N) is 2. The van der Waals surface area contributed by atoms with Gasteiger partial charge in [-0.1, -0.05) is 0 Å². The fourth-order valence-corrected chi connectivity index (χ4v) is 1.08. The second-order valence-electron chi connectivity index (χ2n) is 3.12. The molecule has 80 valence electrons. The summed E-state index contributed by atoms with van der Waals surface area (Å²) in [6.07, 6.45) is 1.79. The van der Waals surface area contributed by atoms with E-state index in [1.807, 2.05) is 11.9 Å². The van der Waals surface area contributed by atoms with Crippen molar-refractivity contribution in [1.82, 2.24) is 4.90 Å². The maximum Gasteiger partial charge on any atom is 0.305 e. The third kappa shape index (κ3) is 7.56. The highest BCUT2D eigenvalue weighted by atomic mass is 16.5. The molecule has 0 bridgehead atoms. The fraction of sp³-hybridized carbons (Fsp3) is 0.800. The molecule has 0 radical (unpaired) electrons. The SMILES string of the molecule is CCOC(=O)CCCN(C)CCC#N. The van der Waals surface area contributed by atoms with Crippen LogP contribution < -0.4 is 0 Å². The van der Waals surface area contributed by atoms with Crippen molar-refractivity contribution in [2.24, 2.45) is 0 Å². The standard InChI is InChI=1S/C10H18N2O2/c1-3-14-10(13)6-4-8-12(2)9-5-7-11/h3-6,8-9H2,1-2H3. The Bertz CT molecular complexity index is 199. The van der Waals surface area contributed by atoms with E-state index >= 15 is 0 Å². The van der Waals surface area contributed by atoms with E-state index in [1.54, 1.807) is 6.92 Å². The fourth-order valence-electron chi connectivity index (χ4n) is 1.08. The van der Waals surface area contributed by atoms with Crippen molar-refractivity contribution in [1.29, 1.82) is 5.26 Å². The third-order valence-corrected chi connectivity index (χ3v) is 1.83. The lowest BCUT2D eigenvalue weighted by Crippen LogP contribution is -2.21. The Morgan fingerprint density at radius 1 is 1.50 bits per heavy atom. The van der Waals surface area contributed by atoms with Gasteiger partial charge in [0.2, 0.25) is 0 Å². The Kier molecular flexibility index (Phi) is 7.86. The minimum Gasteiger partial charge on any atom is -0.466 e. The number of carbonyl (C=O) groups excluding carboxylic acids is 1. The van der Waals surface area contributed by atoms with Crippen molar-refractivity contribution in [3.63, 3.8) is 0 Å². The van der Waals surface area contributed by atoms with Crippen LogP contribution in [0.25, 0.3) is 0 Å². The topological polar surface area (TPSA) is 53.3 Å². The van der Waals surface area contributed by atoms with Gasteiger partial charge in [0.05, 0.1) is 12.7 Å². The molecule has 0 rings (SSSR count). The summed E-state index contributed by atoms with van der Waals surface area (Å²) >= 11 is 0. The lowest BCUT2D eigenvalue weighted by Gasteiger charge is -2.13. The summed E-state index contributed by atoms with van der Waals surface area (Å²) in [4.78, 5) is 13.0.